The molecule has 0 saturated carbocycles. The molecule has 0 aromatic heterocycles. The number of esters is 2. The summed E-state index contributed by atoms with van der Waals surface area (Å²) in [4.78, 5) is 52.5. The lowest BCUT2D eigenvalue weighted by molar-refractivity contribution is -0.174. The molecule has 1 atom stereocenters. The lowest BCUT2D eigenvalue weighted by Crippen LogP contribution is -2.43. The molecule has 14 heteroatoms. The van der Waals surface area contributed by atoms with Gasteiger partial charge in [0.25, 0.3) is 5.91 Å². The molecule has 46 heavy (non-hydrogen) atoms. The molecule has 0 heterocycles. The summed E-state index contributed by atoms with van der Waals surface area (Å²) in [7, 11) is -3.69. The maximum absolute atomic E-state index is 13.3. The van der Waals surface area contributed by atoms with Crippen LogP contribution in [0, 0.1) is 5.41 Å². The molecular weight excluding hydrogens is 644 g/mol. The van der Waals surface area contributed by atoms with Gasteiger partial charge in [-0.1, -0.05) is 30.3 Å². The number of benzene rings is 2. The van der Waals surface area contributed by atoms with Gasteiger partial charge in [0, 0.05) is 24.5 Å². The van der Waals surface area contributed by atoms with Gasteiger partial charge in [-0.15, -0.1) is 0 Å². The summed E-state index contributed by atoms with van der Waals surface area (Å²) in [5.41, 5.74) is 0.884. The molecule has 2 rings (SSSR count). The van der Waals surface area contributed by atoms with Crippen LogP contribution in [0.15, 0.2) is 54.6 Å². The predicted octanol–water partition coefficient (Wildman–Crippen LogP) is 7.05. The van der Waals surface area contributed by atoms with Crippen LogP contribution in [0.25, 0.3) is 0 Å². The zero-order valence-electron chi connectivity index (χ0n) is 28.7. The van der Waals surface area contributed by atoms with Crippen molar-refractivity contribution in [2.45, 2.75) is 79.1 Å². The number of amides is 2. The summed E-state index contributed by atoms with van der Waals surface area (Å²) in [5, 5.41) is 2.76. The van der Waals surface area contributed by atoms with Crippen LogP contribution in [-0.2, 0) is 38.8 Å². The number of carbonyl (C=O) groups excluding carboxylic acids is 4. The van der Waals surface area contributed by atoms with E-state index in [4.69, 9.17) is 22.6 Å². The third-order valence-electron chi connectivity index (χ3n) is 5.94. The molecule has 0 aliphatic heterocycles. The Balaban J connectivity index is 2.13. The largest absolute Gasteiger partial charge is 0.444 e. The average Bonchev–Trinajstić information content (AvgIpc) is 2.95. The van der Waals surface area contributed by atoms with E-state index in [0.29, 0.717) is 11.8 Å². The van der Waals surface area contributed by atoms with Gasteiger partial charge in [0.2, 0.25) is 6.79 Å². The normalized spacial score (nSPS) is 12.7. The lowest BCUT2D eigenvalue weighted by atomic mass is 9.98. The van der Waals surface area contributed by atoms with Crippen LogP contribution in [0.1, 0.15) is 43.1 Å². The summed E-state index contributed by atoms with van der Waals surface area (Å²) in [6, 6.07) is 14.6. The van der Waals surface area contributed by atoms with Crippen LogP contribution in [0.4, 0.5) is 10.5 Å². The fourth-order valence-electron chi connectivity index (χ4n) is 3.66. The summed E-state index contributed by atoms with van der Waals surface area (Å²) < 4.78 is 28.4. The first-order valence-corrected chi connectivity index (χ1v) is 23.3. The molecule has 11 nitrogen and oxygen atoms in total. The van der Waals surface area contributed by atoms with Gasteiger partial charge in [0.1, 0.15) is 21.0 Å². The van der Waals surface area contributed by atoms with Crippen LogP contribution in [0.5, 0.6) is 0 Å². The Morgan fingerprint density at radius 2 is 1.39 bits per heavy atom. The molecular formula is C32H49N2O9PSi2. The molecule has 0 aliphatic carbocycles. The molecule has 0 unspecified atom stereocenters. The van der Waals surface area contributed by atoms with Crippen molar-refractivity contribution in [3.63, 3.8) is 0 Å². The van der Waals surface area contributed by atoms with Gasteiger partial charge in [-0.05, 0) is 96.3 Å². The van der Waals surface area contributed by atoms with E-state index in [-0.39, 0.29) is 18.6 Å². The maximum Gasteiger partial charge on any atom is 0.414 e. The summed E-state index contributed by atoms with van der Waals surface area (Å²) >= 11 is 0. The third-order valence-corrected chi connectivity index (χ3v) is 12.6. The highest BCUT2D eigenvalue weighted by Gasteiger charge is 2.31. The number of hydrogen-bond donors (Lipinski definition) is 1. The highest BCUT2D eigenvalue weighted by molar-refractivity contribution is 7.50. The van der Waals surface area contributed by atoms with Gasteiger partial charge in [-0.25, -0.2) is 9.59 Å². The van der Waals surface area contributed by atoms with Crippen molar-refractivity contribution in [3.8, 4) is 0 Å². The van der Waals surface area contributed by atoms with Crippen LogP contribution in [0.2, 0.25) is 39.3 Å². The quantitative estimate of drug-likeness (QED) is 0.0903. The Bertz CT molecular complexity index is 1290. The Hall–Kier alpha value is -3.10. The van der Waals surface area contributed by atoms with Crippen molar-refractivity contribution >= 4 is 54.6 Å². The highest BCUT2D eigenvalue weighted by Crippen LogP contribution is 2.45. The zero-order chi connectivity index (χ0) is 34.7. The van der Waals surface area contributed by atoms with Crippen LogP contribution in [0.3, 0.4) is 0 Å². The Morgan fingerprint density at radius 3 is 1.91 bits per heavy atom. The highest BCUT2D eigenvalue weighted by atomic mass is 31.2. The number of nitrogens with one attached hydrogen (secondary N) is 1. The molecule has 0 aliphatic rings. The molecule has 0 saturated heterocycles. The van der Waals surface area contributed by atoms with Crippen molar-refractivity contribution in [2.24, 2.45) is 5.41 Å². The standard InChI is InChI=1S/C32H49N2O9PSi2/c1-32(2,3)30(37)41-23-40-29(36)27(20-21-44(42-45(5,6)7)43-46(8,9)10)33-28(35)25-16-18-26(19-17-25)34(4)31(38)39-22-24-14-12-11-13-15-24/h11-19,27H,20-23H2,1-10H3,(H,33,35)/t27-/m0/s1. The number of rotatable bonds is 15. The van der Waals surface area contributed by atoms with Gasteiger partial charge in [-0.3, -0.25) is 14.5 Å². The maximum atomic E-state index is 13.3. The van der Waals surface area contributed by atoms with Gasteiger partial charge in [-0.2, -0.15) is 0 Å². The van der Waals surface area contributed by atoms with Crippen molar-refractivity contribution in [1.29, 1.82) is 0 Å². The van der Waals surface area contributed by atoms with Gasteiger partial charge >= 0.3 is 18.0 Å². The van der Waals surface area contributed by atoms with E-state index in [1.165, 1.54) is 4.90 Å². The second kappa shape index (κ2) is 17.2. The first kappa shape index (κ1) is 39.1. The van der Waals surface area contributed by atoms with Gasteiger partial charge < -0.3 is 28.0 Å². The van der Waals surface area contributed by atoms with Crippen molar-refractivity contribution in [2.75, 3.05) is 24.9 Å². The van der Waals surface area contributed by atoms with Crippen molar-refractivity contribution in [1.82, 2.24) is 5.32 Å². The van der Waals surface area contributed by atoms with E-state index in [0.717, 1.165) is 5.56 Å². The minimum Gasteiger partial charge on any atom is -0.444 e. The second-order valence-corrected chi connectivity index (χ2v) is 24.7. The Kier molecular flexibility index (Phi) is 14.6. The lowest BCUT2D eigenvalue weighted by Gasteiger charge is -2.31. The van der Waals surface area contributed by atoms with Crippen LogP contribution in [-0.4, -0.2) is 66.6 Å². The van der Waals surface area contributed by atoms with Crippen LogP contribution < -0.4 is 10.2 Å². The third kappa shape index (κ3) is 14.6. The number of hydrogen-bond acceptors (Lipinski definition) is 9. The monoisotopic (exact) mass is 692 g/mol. The molecule has 0 spiro atoms. The fourth-order valence-corrected chi connectivity index (χ4v) is 10.2. The fraction of sp³-hybridized carbons (Fsp3) is 0.500. The molecule has 1 N–H and O–H groups in total. The van der Waals surface area contributed by atoms with Crippen LogP contribution >= 0.6 is 8.38 Å². The second-order valence-electron chi connectivity index (χ2n) is 13.7. The molecule has 2 amide bonds. The van der Waals surface area contributed by atoms with Crippen molar-refractivity contribution in [3.05, 3.63) is 65.7 Å². The van der Waals surface area contributed by atoms with Crippen molar-refractivity contribution < 1.29 is 41.8 Å². The predicted molar refractivity (Wildman–Crippen MR) is 184 cm³/mol. The molecule has 254 valence electrons. The number of anilines is 1. The van der Waals surface area contributed by atoms with E-state index in [9.17, 15) is 19.2 Å². The SMILES string of the molecule is CN(C(=O)OCc1ccccc1)c1ccc(C(=O)N[C@@H](CCP(O[Si](C)(C)C)O[Si](C)(C)C)C(=O)OCOC(=O)C(C)(C)C)cc1. The van der Waals surface area contributed by atoms with E-state index in [1.54, 1.807) is 52.1 Å². The van der Waals surface area contributed by atoms with E-state index >= 15 is 0 Å². The zero-order valence-corrected chi connectivity index (χ0v) is 31.6. The van der Waals surface area contributed by atoms with E-state index in [1.807, 2.05) is 30.3 Å². The molecule has 2 aromatic rings. The topological polar surface area (TPSA) is 130 Å². The Morgan fingerprint density at radius 1 is 0.826 bits per heavy atom. The minimum absolute atomic E-state index is 0.131. The average molecular weight is 693 g/mol. The number of carbonyl (C=O) groups is 4. The van der Waals surface area contributed by atoms with Gasteiger partial charge in [0.05, 0.1) is 5.41 Å². The number of ether oxygens (including phenoxy) is 3. The van der Waals surface area contributed by atoms with E-state index < -0.39 is 67.2 Å². The summed E-state index contributed by atoms with van der Waals surface area (Å²) in [6.07, 6.45) is 0.0288. The first-order chi connectivity index (χ1) is 21.2. The Labute approximate surface area is 276 Å². The minimum atomic E-state index is -1.97. The summed E-state index contributed by atoms with van der Waals surface area (Å²) in [5.74, 6) is -1.79. The first-order valence-electron chi connectivity index (χ1n) is 15.1. The number of nitrogens with zero attached hydrogens (tertiary/aromatic N) is 1. The van der Waals surface area contributed by atoms with E-state index in [2.05, 4.69) is 44.6 Å². The molecule has 0 bridgehead atoms. The molecule has 0 fully saturated rings. The van der Waals surface area contributed by atoms with Gasteiger partial charge in [0.15, 0.2) is 16.6 Å². The summed E-state index contributed by atoms with van der Waals surface area (Å²) in [6.45, 7) is 17.0. The molecule has 2 aromatic carbocycles. The molecule has 0 radical (unpaired) electrons. The smallest absolute Gasteiger partial charge is 0.414 e.